The van der Waals surface area contributed by atoms with Crippen LogP contribution in [0.15, 0.2) is 72.8 Å². The van der Waals surface area contributed by atoms with Crippen molar-refractivity contribution < 1.29 is 35.1 Å². The summed E-state index contributed by atoms with van der Waals surface area (Å²) in [6, 6.07) is 15.0. The van der Waals surface area contributed by atoms with E-state index in [2.05, 4.69) is 10.3 Å². The Morgan fingerprint density at radius 3 is 1.92 bits per heavy atom. The lowest BCUT2D eigenvalue weighted by molar-refractivity contribution is -0.141. The topological polar surface area (TPSA) is 24.9 Å². The molecular weight excluding hydrogens is 524 g/mol. The second-order valence-corrected chi connectivity index (χ2v) is 9.55. The maximum Gasteiger partial charge on any atom is 0.434 e. The molecule has 0 saturated carbocycles. The van der Waals surface area contributed by atoms with E-state index in [1.54, 1.807) is 30.3 Å². The minimum absolute atomic E-state index is 0.125. The lowest BCUT2D eigenvalue weighted by Crippen LogP contribution is -2.39. The van der Waals surface area contributed by atoms with Crippen LogP contribution in [0.5, 0.6) is 0 Å². The number of hydrogen-bond acceptors (Lipinski definition) is 3. The molecule has 0 radical (unpaired) electrons. The molecule has 0 aliphatic carbocycles. The zero-order valence-corrected chi connectivity index (χ0v) is 19.8. The van der Waals surface area contributed by atoms with Crippen molar-refractivity contribution in [2.75, 3.05) is 5.32 Å². The summed E-state index contributed by atoms with van der Waals surface area (Å²) in [5, 5.41) is 2.64. The van der Waals surface area contributed by atoms with Crippen LogP contribution in [-0.2, 0) is 24.3 Å². The number of aryl methyl sites for hydroxylation is 1. The molecule has 0 spiro atoms. The highest BCUT2D eigenvalue weighted by molar-refractivity contribution is 7.15. The summed E-state index contributed by atoms with van der Waals surface area (Å²) >= 11 is 0.653. The van der Waals surface area contributed by atoms with E-state index in [0.29, 0.717) is 23.0 Å². The average molecular weight is 542 g/mol. The number of nitrogens with one attached hydrogen (secondary N) is 1. The largest absolute Gasteiger partial charge is 0.434 e. The van der Waals surface area contributed by atoms with Gasteiger partial charge in [0.2, 0.25) is 0 Å². The third-order valence-corrected chi connectivity index (χ3v) is 6.64. The van der Waals surface area contributed by atoms with Gasteiger partial charge in [0, 0.05) is 11.3 Å². The fourth-order valence-electron chi connectivity index (χ4n) is 4.09. The van der Waals surface area contributed by atoms with Gasteiger partial charge in [-0.25, -0.2) is 13.8 Å². The Bertz CT molecular complexity index is 1380. The summed E-state index contributed by atoms with van der Waals surface area (Å²) in [7, 11) is 0. The number of alkyl halides is 6. The Balaban J connectivity index is 2.01. The number of thiazole rings is 1. The highest BCUT2D eigenvalue weighted by atomic mass is 32.1. The normalized spacial score (nSPS) is 13.9. The summed E-state index contributed by atoms with van der Waals surface area (Å²) in [5.41, 5.74) is -3.65. The zero-order chi connectivity index (χ0) is 27.0. The van der Waals surface area contributed by atoms with E-state index in [-0.39, 0.29) is 27.6 Å². The van der Waals surface area contributed by atoms with Crippen LogP contribution in [-0.4, -0.2) is 4.98 Å². The molecular formula is C26H18F8N2S. The zero-order valence-electron chi connectivity index (χ0n) is 19.0. The van der Waals surface area contributed by atoms with Crippen molar-refractivity contribution in [1.29, 1.82) is 0 Å². The van der Waals surface area contributed by atoms with Gasteiger partial charge in [0.15, 0.2) is 10.8 Å². The molecule has 0 saturated heterocycles. The maximum absolute atomic E-state index is 14.6. The van der Waals surface area contributed by atoms with Gasteiger partial charge in [-0.05, 0) is 53.9 Å². The van der Waals surface area contributed by atoms with Crippen LogP contribution < -0.4 is 5.32 Å². The van der Waals surface area contributed by atoms with Crippen molar-refractivity contribution in [2.24, 2.45) is 0 Å². The Kier molecular flexibility index (Phi) is 7.02. The molecule has 11 heteroatoms. The molecule has 194 valence electrons. The summed E-state index contributed by atoms with van der Waals surface area (Å²) in [4.78, 5) is 3.49. The van der Waals surface area contributed by atoms with Crippen LogP contribution in [0.3, 0.4) is 0 Å². The van der Waals surface area contributed by atoms with Crippen LogP contribution in [0, 0.1) is 18.6 Å². The molecule has 4 aromatic rings. The van der Waals surface area contributed by atoms with E-state index in [9.17, 15) is 35.1 Å². The molecule has 1 aromatic heterocycles. The number of halogens is 8. The molecule has 0 aliphatic heterocycles. The predicted octanol–water partition coefficient (Wildman–Crippen LogP) is 8.37. The number of rotatable bonds is 6. The van der Waals surface area contributed by atoms with E-state index in [0.717, 1.165) is 24.3 Å². The minimum Gasteiger partial charge on any atom is -0.348 e. The Labute approximate surface area is 210 Å². The number of nitrogens with zero attached hydrogens (tertiary/aromatic N) is 1. The summed E-state index contributed by atoms with van der Waals surface area (Å²) in [6.07, 6.45) is -9.79. The number of anilines is 1. The van der Waals surface area contributed by atoms with Crippen molar-refractivity contribution in [3.05, 3.63) is 117 Å². The molecule has 37 heavy (non-hydrogen) atoms. The summed E-state index contributed by atoms with van der Waals surface area (Å²) in [5.74, 6) is -1.84. The number of hydrogen-bond donors (Lipinski definition) is 1. The molecule has 1 N–H and O–H groups in total. The molecule has 0 bridgehead atoms. The van der Waals surface area contributed by atoms with Gasteiger partial charge in [0.25, 0.3) is 0 Å². The van der Waals surface area contributed by atoms with E-state index < -0.39 is 40.8 Å². The maximum atomic E-state index is 14.6. The predicted molar refractivity (Wildman–Crippen MR) is 124 cm³/mol. The molecule has 0 fully saturated rings. The van der Waals surface area contributed by atoms with Gasteiger partial charge in [-0.15, -0.1) is 11.3 Å². The highest BCUT2D eigenvalue weighted by Crippen LogP contribution is 2.43. The van der Waals surface area contributed by atoms with Crippen molar-refractivity contribution in [3.8, 4) is 0 Å². The summed E-state index contributed by atoms with van der Waals surface area (Å²) < 4.78 is 110. The van der Waals surface area contributed by atoms with Crippen LogP contribution in [0.1, 0.15) is 32.8 Å². The first kappa shape index (κ1) is 26.6. The lowest BCUT2D eigenvalue weighted by Gasteiger charge is -2.37. The third-order valence-electron chi connectivity index (χ3n) is 5.75. The second-order valence-electron chi connectivity index (χ2n) is 8.35. The quantitative estimate of drug-likeness (QED) is 0.248. The fourth-order valence-corrected chi connectivity index (χ4v) is 5.00. The van der Waals surface area contributed by atoms with E-state index in [1.165, 1.54) is 19.1 Å². The van der Waals surface area contributed by atoms with Gasteiger partial charge in [-0.2, -0.15) is 26.3 Å². The van der Waals surface area contributed by atoms with Crippen molar-refractivity contribution in [1.82, 2.24) is 4.98 Å². The van der Waals surface area contributed by atoms with Crippen LogP contribution in [0.4, 0.5) is 40.3 Å². The molecule has 0 aliphatic rings. The number of benzene rings is 3. The smallest absolute Gasteiger partial charge is 0.348 e. The van der Waals surface area contributed by atoms with Gasteiger partial charge < -0.3 is 5.32 Å². The van der Waals surface area contributed by atoms with Crippen LogP contribution in [0.25, 0.3) is 0 Å². The monoisotopic (exact) mass is 542 g/mol. The second kappa shape index (κ2) is 9.77. The molecule has 4 rings (SSSR count). The molecule has 0 amide bonds. The fraction of sp³-hybridized carbons (Fsp3) is 0.192. The summed E-state index contributed by atoms with van der Waals surface area (Å²) in [6.45, 7) is 1.21. The van der Waals surface area contributed by atoms with Gasteiger partial charge in [0.05, 0.1) is 11.1 Å². The first-order valence-corrected chi connectivity index (χ1v) is 11.6. The lowest BCUT2D eigenvalue weighted by atomic mass is 9.77. The molecule has 1 heterocycles. The van der Waals surface area contributed by atoms with Gasteiger partial charge in [-0.3, -0.25) is 0 Å². The minimum atomic E-state index is -4.90. The van der Waals surface area contributed by atoms with Crippen molar-refractivity contribution in [3.63, 3.8) is 0 Å². The number of aromatic nitrogens is 1. The van der Waals surface area contributed by atoms with Gasteiger partial charge in [0.1, 0.15) is 11.6 Å². The van der Waals surface area contributed by atoms with Gasteiger partial charge in [-0.1, -0.05) is 42.5 Å². The van der Waals surface area contributed by atoms with Crippen LogP contribution in [0.2, 0.25) is 0 Å². The molecule has 3 aromatic carbocycles. The van der Waals surface area contributed by atoms with E-state index in [1.807, 2.05) is 0 Å². The van der Waals surface area contributed by atoms with Crippen molar-refractivity contribution in [2.45, 2.75) is 31.2 Å². The molecule has 1 atom stereocenters. The van der Waals surface area contributed by atoms with Crippen LogP contribution >= 0.6 is 11.3 Å². The molecule has 0 unspecified atom stereocenters. The SMILES string of the molecule is Cc1sc(N[C@@](Cc2ccccc2)(c2ccc(F)cc2)c2cc(F)cc(C(F)(F)F)c2)nc1C(F)(F)F. The van der Waals surface area contributed by atoms with E-state index >= 15 is 0 Å². The van der Waals surface area contributed by atoms with Crippen molar-refractivity contribution >= 4 is 16.5 Å². The Hall–Kier alpha value is -3.47. The van der Waals surface area contributed by atoms with Gasteiger partial charge >= 0.3 is 12.4 Å². The molecule has 2 nitrogen and oxygen atoms in total. The Morgan fingerprint density at radius 2 is 1.35 bits per heavy atom. The third kappa shape index (κ3) is 5.76. The first-order chi connectivity index (χ1) is 17.3. The first-order valence-electron chi connectivity index (χ1n) is 10.8. The Morgan fingerprint density at radius 1 is 0.730 bits per heavy atom. The van der Waals surface area contributed by atoms with E-state index in [4.69, 9.17) is 0 Å². The average Bonchev–Trinajstić information content (AvgIpc) is 3.19. The highest BCUT2D eigenvalue weighted by Gasteiger charge is 2.41. The standard InChI is InChI=1S/C26H18F8N2S/c1-15-22(26(32,33)34)35-23(37-15)36-24(14-16-5-3-2-4-6-16,17-7-9-20(27)10-8-17)18-11-19(25(29,30)31)13-21(28)12-18/h2-13H,14H2,1H3,(H,35,36)/t24-/m0/s1.